The summed E-state index contributed by atoms with van der Waals surface area (Å²) in [6, 6.07) is 12.1. The first kappa shape index (κ1) is 19.4. The molecule has 8 heteroatoms. The summed E-state index contributed by atoms with van der Waals surface area (Å²) in [5, 5.41) is 18.2. The van der Waals surface area contributed by atoms with Crippen LogP contribution in [0.4, 0.5) is 0 Å². The van der Waals surface area contributed by atoms with Crippen molar-refractivity contribution in [3.05, 3.63) is 42.9 Å². The molecule has 29 heavy (non-hydrogen) atoms. The summed E-state index contributed by atoms with van der Waals surface area (Å²) < 4.78 is 1.76. The SMILES string of the molecule is CC(Sc1ncnc2c1cnn2-c1ccccc1)C(=O)NC1(C#N)CCCCC1. The van der Waals surface area contributed by atoms with Crippen molar-refractivity contribution >= 4 is 28.7 Å². The summed E-state index contributed by atoms with van der Waals surface area (Å²) in [5.74, 6) is -0.138. The third-order valence-electron chi connectivity index (χ3n) is 5.27. The van der Waals surface area contributed by atoms with Crippen molar-refractivity contribution in [2.75, 3.05) is 0 Å². The molecular formula is C21H22N6OS. The number of carbonyl (C=O) groups excluding carboxylic acids is 1. The number of para-hydroxylation sites is 1. The second-order valence-electron chi connectivity index (χ2n) is 7.31. The van der Waals surface area contributed by atoms with E-state index in [1.54, 1.807) is 10.9 Å². The normalized spacial score (nSPS) is 16.8. The molecule has 7 nitrogen and oxygen atoms in total. The molecule has 1 saturated carbocycles. The highest BCUT2D eigenvalue weighted by Gasteiger charge is 2.35. The van der Waals surface area contributed by atoms with E-state index in [9.17, 15) is 10.1 Å². The van der Waals surface area contributed by atoms with Crippen LogP contribution in [-0.2, 0) is 4.79 Å². The lowest BCUT2D eigenvalue weighted by Crippen LogP contribution is -2.50. The van der Waals surface area contributed by atoms with E-state index in [-0.39, 0.29) is 11.2 Å². The largest absolute Gasteiger partial charge is 0.337 e. The molecule has 1 amide bonds. The summed E-state index contributed by atoms with van der Waals surface area (Å²) in [5.41, 5.74) is 0.877. The Morgan fingerprint density at radius 3 is 2.72 bits per heavy atom. The van der Waals surface area contributed by atoms with Crippen LogP contribution in [0.3, 0.4) is 0 Å². The van der Waals surface area contributed by atoms with Gasteiger partial charge in [-0.2, -0.15) is 10.4 Å². The highest BCUT2D eigenvalue weighted by atomic mass is 32.2. The Hall–Kier alpha value is -2.92. The first-order chi connectivity index (χ1) is 14.1. The summed E-state index contributed by atoms with van der Waals surface area (Å²) in [6.45, 7) is 1.84. The van der Waals surface area contributed by atoms with E-state index < -0.39 is 5.54 Å². The van der Waals surface area contributed by atoms with Gasteiger partial charge in [0.15, 0.2) is 5.65 Å². The number of thioether (sulfide) groups is 1. The Kier molecular flexibility index (Phi) is 5.49. The van der Waals surface area contributed by atoms with Gasteiger partial charge in [0.1, 0.15) is 16.9 Å². The number of rotatable bonds is 5. The number of benzene rings is 1. The second-order valence-corrected chi connectivity index (χ2v) is 8.64. The Balaban J connectivity index is 1.54. The predicted octanol–water partition coefficient (Wildman–Crippen LogP) is 3.64. The molecule has 2 heterocycles. The van der Waals surface area contributed by atoms with Crippen molar-refractivity contribution in [1.82, 2.24) is 25.1 Å². The number of hydrogen-bond acceptors (Lipinski definition) is 6. The highest BCUT2D eigenvalue weighted by molar-refractivity contribution is 8.00. The number of aromatic nitrogens is 4. The van der Waals surface area contributed by atoms with Crippen molar-refractivity contribution in [2.45, 2.75) is 54.8 Å². The fourth-order valence-corrected chi connectivity index (χ4v) is 4.53. The van der Waals surface area contributed by atoms with Gasteiger partial charge in [0, 0.05) is 0 Å². The van der Waals surface area contributed by atoms with Gasteiger partial charge in [-0.25, -0.2) is 14.6 Å². The molecule has 0 aliphatic heterocycles. The zero-order valence-electron chi connectivity index (χ0n) is 16.2. The molecule has 1 aromatic carbocycles. The van der Waals surface area contributed by atoms with E-state index in [1.807, 2.05) is 37.3 Å². The Morgan fingerprint density at radius 1 is 1.24 bits per heavy atom. The maximum atomic E-state index is 12.8. The smallest absolute Gasteiger partial charge is 0.234 e. The third kappa shape index (κ3) is 3.96. The molecule has 0 spiro atoms. The van der Waals surface area contributed by atoms with E-state index in [4.69, 9.17) is 0 Å². The quantitative estimate of drug-likeness (QED) is 0.513. The van der Waals surface area contributed by atoms with E-state index in [1.165, 1.54) is 18.1 Å². The minimum absolute atomic E-state index is 0.138. The summed E-state index contributed by atoms with van der Waals surface area (Å²) in [4.78, 5) is 21.5. The lowest BCUT2D eigenvalue weighted by Gasteiger charge is -2.32. The molecule has 0 radical (unpaired) electrons. The molecule has 1 aliphatic rings. The second kappa shape index (κ2) is 8.21. The van der Waals surface area contributed by atoms with Gasteiger partial charge in [-0.15, -0.1) is 0 Å². The molecular weight excluding hydrogens is 384 g/mol. The van der Waals surface area contributed by atoms with Crippen LogP contribution in [0.15, 0.2) is 47.9 Å². The monoisotopic (exact) mass is 406 g/mol. The standard InChI is InChI=1S/C21H22N6OS/c1-15(19(28)26-21(13-22)10-6-3-7-11-21)29-20-17-12-25-27(18(17)23-14-24-20)16-8-4-2-5-9-16/h2,4-5,8-9,12,14-15H,3,6-7,10-11H2,1H3,(H,26,28). The number of nitriles is 1. The molecule has 1 fully saturated rings. The predicted molar refractivity (Wildman–Crippen MR) is 112 cm³/mol. The van der Waals surface area contributed by atoms with Crippen molar-refractivity contribution in [3.63, 3.8) is 0 Å². The topological polar surface area (TPSA) is 96.5 Å². The molecule has 1 unspecified atom stereocenters. The zero-order chi connectivity index (χ0) is 20.3. The van der Waals surface area contributed by atoms with Crippen LogP contribution in [0.25, 0.3) is 16.7 Å². The fraction of sp³-hybridized carbons (Fsp3) is 0.381. The highest BCUT2D eigenvalue weighted by Crippen LogP contribution is 2.31. The van der Waals surface area contributed by atoms with Crippen LogP contribution in [0.5, 0.6) is 0 Å². The Bertz CT molecular complexity index is 1050. The van der Waals surface area contributed by atoms with Crippen LogP contribution in [0.1, 0.15) is 39.0 Å². The van der Waals surface area contributed by atoms with Crippen molar-refractivity contribution in [3.8, 4) is 11.8 Å². The molecule has 148 valence electrons. The van der Waals surface area contributed by atoms with Crippen LogP contribution >= 0.6 is 11.8 Å². The van der Waals surface area contributed by atoms with Gasteiger partial charge in [-0.3, -0.25) is 4.79 Å². The molecule has 4 rings (SSSR count). The van der Waals surface area contributed by atoms with Gasteiger partial charge in [-0.05, 0) is 31.9 Å². The first-order valence-corrected chi connectivity index (χ1v) is 10.6. The third-order valence-corrected chi connectivity index (χ3v) is 6.39. The molecule has 1 aliphatic carbocycles. The van der Waals surface area contributed by atoms with Gasteiger partial charge >= 0.3 is 0 Å². The lowest BCUT2D eigenvalue weighted by molar-refractivity contribution is -0.121. The van der Waals surface area contributed by atoms with E-state index >= 15 is 0 Å². The number of fused-ring (bicyclic) bond motifs is 1. The molecule has 1 N–H and O–H groups in total. The minimum atomic E-state index is -0.733. The van der Waals surface area contributed by atoms with E-state index in [2.05, 4.69) is 26.5 Å². The van der Waals surface area contributed by atoms with Crippen LogP contribution < -0.4 is 5.32 Å². The van der Waals surface area contributed by atoms with Gasteiger partial charge in [-0.1, -0.05) is 49.2 Å². The zero-order valence-corrected chi connectivity index (χ0v) is 17.0. The molecule has 2 aromatic heterocycles. The average molecular weight is 407 g/mol. The van der Waals surface area contributed by atoms with Crippen molar-refractivity contribution < 1.29 is 4.79 Å². The fourth-order valence-electron chi connectivity index (χ4n) is 3.65. The molecule has 0 bridgehead atoms. The maximum absolute atomic E-state index is 12.8. The summed E-state index contributed by atoms with van der Waals surface area (Å²) >= 11 is 1.36. The van der Waals surface area contributed by atoms with Crippen molar-refractivity contribution in [1.29, 1.82) is 5.26 Å². The van der Waals surface area contributed by atoms with Crippen LogP contribution in [0.2, 0.25) is 0 Å². The first-order valence-electron chi connectivity index (χ1n) is 9.76. The van der Waals surface area contributed by atoms with Gasteiger partial charge in [0.2, 0.25) is 5.91 Å². The summed E-state index contributed by atoms with van der Waals surface area (Å²) in [7, 11) is 0. The van der Waals surface area contributed by atoms with Crippen LogP contribution in [-0.4, -0.2) is 36.4 Å². The number of hydrogen-bond donors (Lipinski definition) is 1. The van der Waals surface area contributed by atoms with Gasteiger partial charge < -0.3 is 5.32 Å². The molecule has 0 saturated heterocycles. The average Bonchev–Trinajstić information content (AvgIpc) is 3.20. The number of carbonyl (C=O) groups is 1. The molecule has 1 atom stereocenters. The lowest BCUT2D eigenvalue weighted by atomic mass is 9.83. The van der Waals surface area contributed by atoms with Crippen molar-refractivity contribution in [2.24, 2.45) is 0 Å². The van der Waals surface area contributed by atoms with Crippen LogP contribution in [0, 0.1) is 11.3 Å². The minimum Gasteiger partial charge on any atom is -0.337 e. The van der Waals surface area contributed by atoms with Gasteiger partial charge in [0.05, 0.1) is 28.6 Å². The van der Waals surface area contributed by atoms with Gasteiger partial charge in [0.25, 0.3) is 0 Å². The summed E-state index contributed by atoms with van der Waals surface area (Å²) in [6.07, 6.45) is 7.72. The Morgan fingerprint density at radius 2 is 2.00 bits per heavy atom. The Labute approximate surface area is 173 Å². The number of amides is 1. The van der Waals surface area contributed by atoms with E-state index in [0.717, 1.165) is 30.3 Å². The molecule has 3 aromatic rings. The number of nitrogens with one attached hydrogen (secondary N) is 1. The number of nitrogens with zero attached hydrogens (tertiary/aromatic N) is 5. The van der Waals surface area contributed by atoms with E-state index in [0.29, 0.717) is 23.5 Å². The maximum Gasteiger partial charge on any atom is 0.234 e.